The van der Waals surface area contributed by atoms with E-state index in [9.17, 15) is 4.79 Å². The van der Waals surface area contributed by atoms with Gasteiger partial charge in [-0.05, 0) is 37.6 Å². The maximum atomic E-state index is 12.7. The van der Waals surface area contributed by atoms with Crippen molar-refractivity contribution in [1.29, 1.82) is 0 Å². The molecule has 25 heavy (non-hydrogen) atoms. The van der Waals surface area contributed by atoms with Gasteiger partial charge in [0.2, 0.25) is 0 Å². The van der Waals surface area contributed by atoms with E-state index >= 15 is 0 Å². The molecule has 0 bridgehead atoms. The van der Waals surface area contributed by atoms with Gasteiger partial charge in [-0.25, -0.2) is 9.67 Å². The first-order valence-electron chi connectivity index (χ1n) is 7.99. The Morgan fingerprint density at radius 1 is 1.08 bits per heavy atom. The highest BCUT2D eigenvalue weighted by Crippen LogP contribution is 2.23. The van der Waals surface area contributed by atoms with Crippen molar-refractivity contribution in [3.8, 4) is 5.69 Å². The molecular formula is C19H16N4OS. The van der Waals surface area contributed by atoms with Crippen molar-refractivity contribution < 1.29 is 4.79 Å². The average Bonchev–Trinajstić information content (AvgIpc) is 3.18. The zero-order chi connectivity index (χ0) is 17.4. The number of ketones is 1. The third-order valence-corrected chi connectivity index (χ3v) is 5.19. The normalized spacial score (nSPS) is 11.1. The summed E-state index contributed by atoms with van der Waals surface area (Å²) in [4.78, 5) is 17.2. The predicted octanol–water partition coefficient (Wildman–Crippen LogP) is 3.92. The Labute approximate surface area is 149 Å². The van der Waals surface area contributed by atoms with Crippen LogP contribution in [0.3, 0.4) is 0 Å². The molecule has 5 nitrogen and oxygen atoms in total. The molecule has 2 heterocycles. The fourth-order valence-corrected chi connectivity index (χ4v) is 3.80. The molecule has 2 aromatic carbocycles. The standard InChI is InChI=1S/C19H16N4OS/c1-12-7-3-5-9-15(12)23-13(2)19(21-22-23)16(24)11-18-20-14-8-4-6-10-17(14)25-18/h3-10H,11H2,1-2H3. The molecule has 0 aliphatic rings. The first-order valence-corrected chi connectivity index (χ1v) is 8.81. The second-order valence-electron chi connectivity index (χ2n) is 5.90. The number of aromatic nitrogens is 4. The van der Waals surface area contributed by atoms with Crippen molar-refractivity contribution >= 4 is 27.3 Å². The van der Waals surface area contributed by atoms with Crippen LogP contribution in [0.4, 0.5) is 0 Å². The molecule has 6 heteroatoms. The minimum absolute atomic E-state index is 0.0589. The van der Waals surface area contributed by atoms with E-state index in [2.05, 4.69) is 15.3 Å². The highest BCUT2D eigenvalue weighted by molar-refractivity contribution is 7.18. The first kappa shape index (κ1) is 15.7. The van der Waals surface area contributed by atoms with Crippen molar-refractivity contribution in [2.45, 2.75) is 20.3 Å². The average molecular weight is 348 g/mol. The number of nitrogens with zero attached hydrogens (tertiary/aromatic N) is 4. The quantitative estimate of drug-likeness (QED) is 0.525. The number of thiazole rings is 1. The van der Waals surface area contributed by atoms with Crippen LogP contribution in [0.1, 0.15) is 26.8 Å². The Bertz CT molecular complexity index is 1050. The van der Waals surface area contributed by atoms with Crippen molar-refractivity contribution in [3.63, 3.8) is 0 Å². The smallest absolute Gasteiger partial charge is 0.191 e. The molecule has 4 rings (SSSR count). The van der Waals surface area contributed by atoms with E-state index in [1.807, 2.05) is 62.4 Å². The number of para-hydroxylation sites is 2. The highest BCUT2D eigenvalue weighted by atomic mass is 32.1. The Morgan fingerprint density at radius 3 is 2.64 bits per heavy atom. The van der Waals surface area contributed by atoms with Gasteiger partial charge in [0.05, 0.1) is 28.0 Å². The van der Waals surface area contributed by atoms with Gasteiger partial charge in [-0.1, -0.05) is 35.5 Å². The monoisotopic (exact) mass is 348 g/mol. The van der Waals surface area contributed by atoms with Gasteiger partial charge in [0.15, 0.2) is 11.5 Å². The molecule has 0 spiro atoms. The molecule has 0 saturated heterocycles. The second-order valence-corrected chi connectivity index (χ2v) is 7.01. The van der Waals surface area contributed by atoms with E-state index in [-0.39, 0.29) is 12.2 Å². The number of carbonyl (C=O) groups excluding carboxylic acids is 1. The topological polar surface area (TPSA) is 60.7 Å². The van der Waals surface area contributed by atoms with Crippen LogP contribution in [0.2, 0.25) is 0 Å². The number of fused-ring (bicyclic) bond motifs is 1. The lowest BCUT2D eigenvalue weighted by molar-refractivity contribution is 0.0987. The van der Waals surface area contributed by atoms with E-state index in [1.54, 1.807) is 16.0 Å². The summed E-state index contributed by atoms with van der Waals surface area (Å²) in [7, 11) is 0. The van der Waals surface area contributed by atoms with Crippen molar-refractivity contribution in [2.75, 3.05) is 0 Å². The van der Waals surface area contributed by atoms with Crippen LogP contribution in [0.5, 0.6) is 0 Å². The van der Waals surface area contributed by atoms with E-state index in [4.69, 9.17) is 0 Å². The molecule has 124 valence electrons. The number of carbonyl (C=O) groups is 1. The van der Waals surface area contributed by atoms with Gasteiger partial charge in [0.25, 0.3) is 0 Å². The molecule has 0 unspecified atom stereocenters. The van der Waals surface area contributed by atoms with Crippen LogP contribution in [-0.4, -0.2) is 25.8 Å². The molecule has 0 fully saturated rings. The lowest BCUT2D eigenvalue weighted by Gasteiger charge is -2.06. The van der Waals surface area contributed by atoms with Gasteiger partial charge in [0, 0.05) is 0 Å². The summed E-state index contributed by atoms with van der Waals surface area (Å²) in [5.41, 5.74) is 4.10. The SMILES string of the molecule is Cc1ccccc1-n1nnc(C(=O)Cc2nc3ccccc3s2)c1C. The number of hydrogen-bond donors (Lipinski definition) is 0. The van der Waals surface area contributed by atoms with Gasteiger partial charge in [-0.15, -0.1) is 16.4 Å². The molecule has 0 aliphatic heterocycles. The van der Waals surface area contributed by atoms with Crippen LogP contribution < -0.4 is 0 Å². The van der Waals surface area contributed by atoms with Gasteiger partial charge >= 0.3 is 0 Å². The van der Waals surface area contributed by atoms with Gasteiger partial charge in [0.1, 0.15) is 5.01 Å². The Hall–Kier alpha value is -2.86. The van der Waals surface area contributed by atoms with Crippen molar-refractivity contribution in [3.05, 3.63) is 70.5 Å². The molecular weight excluding hydrogens is 332 g/mol. The number of hydrogen-bond acceptors (Lipinski definition) is 5. The van der Waals surface area contributed by atoms with E-state index < -0.39 is 0 Å². The van der Waals surface area contributed by atoms with Crippen molar-refractivity contribution in [1.82, 2.24) is 20.0 Å². The molecule has 0 saturated carbocycles. The molecule has 0 radical (unpaired) electrons. The summed E-state index contributed by atoms with van der Waals surface area (Å²) >= 11 is 1.54. The summed E-state index contributed by atoms with van der Waals surface area (Å²) in [5, 5.41) is 9.11. The molecule has 2 aromatic heterocycles. The van der Waals surface area contributed by atoms with Crippen molar-refractivity contribution in [2.24, 2.45) is 0 Å². The Kier molecular flexibility index (Phi) is 3.89. The van der Waals surface area contributed by atoms with E-state index in [0.29, 0.717) is 5.69 Å². The minimum atomic E-state index is -0.0589. The largest absolute Gasteiger partial charge is 0.292 e. The van der Waals surface area contributed by atoms with Crippen LogP contribution in [0.25, 0.3) is 15.9 Å². The maximum Gasteiger partial charge on any atom is 0.191 e. The Balaban J connectivity index is 1.64. The molecule has 0 amide bonds. The number of Topliss-reactive ketones (excluding diaryl/α,β-unsaturated/α-hetero) is 1. The predicted molar refractivity (Wildman–Crippen MR) is 98.5 cm³/mol. The minimum Gasteiger partial charge on any atom is -0.292 e. The summed E-state index contributed by atoms with van der Waals surface area (Å²) in [5.74, 6) is -0.0589. The van der Waals surface area contributed by atoms with Gasteiger partial charge in [-0.3, -0.25) is 4.79 Å². The molecule has 0 aliphatic carbocycles. The van der Waals surface area contributed by atoms with E-state index in [1.165, 1.54) is 0 Å². The Morgan fingerprint density at radius 2 is 1.84 bits per heavy atom. The van der Waals surface area contributed by atoms with Gasteiger partial charge in [-0.2, -0.15) is 0 Å². The second kappa shape index (κ2) is 6.22. The fraction of sp³-hybridized carbons (Fsp3) is 0.158. The molecule has 4 aromatic rings. The summed E-state index contributed by atoms with van der Waals surface area (Å²) in [6.07, 6.45) is 0.243. The molecule has 0 N–H and O–H groups in total. The van der Waals surface area contributed by atoms with Crippen LogP contribution >= 0.6 is 11.3 Å². The number of aryl methyl sites for hydroxylation is 1. The number of rotatable bonds is 4. The summed E-state index contributed by atoms with van der Waals surface area (Å²) in [6, 6.07) is 15.8. The maximum absolute atomic E-state index is 12.7. The zero-order valence-corrected chi connectivity index (χ0v) is 14.7. The summed E-state index contributed by atoms with van der Waals surface area (Å²) < 4.78 is 2.81. The highest BCUT2D eigenvalue weighted by Gasteiger charge is 2.19. The van der Waals surface area contributed by atoms with Gasteiger partial charge < -0.3 is 0 Å². The first-order chi connectivity index (χ1) is 12.1. The third-order valence-electron chi connectivity index (χ3n) is 4.15. The summed E-state index contributed by atoms with van der Waals surface area (Å²) in [6.45, 7) is 3.89. The fourth-order valence-electron chi connectivity index (χ4n) is 2.83. The molecule has 0 atom stereocenters. The van der Waals surface area contributed by atoms with E-state index in [0.717, 1.165) is 32.2 Å². The number of benzene rings is 2. The third kappa shape index (κ3) is 2.85. The lowest BCUT2D eigenvalue weighted by atomic mass is 10.1. The lowest BCUT2D eigenvalue weighted by Crippen LogP contribution is -2.07. The van der Waals surface area contributed by atoms with Crippen LogP contribution in [0, 0.1) is 13.8 Å². The zero-order valence-electron chi connectivity index (χ0n) is 13.9. The van der Waals surface area contributed by atoms with Crippen LogP contribution in [-0.2, 0) is 6.42 Å². The van der Waals surface area contributed by atoms with Crippen LogP contribution in [0.15, 0.2) is 48.5 Å².